The Kier molecular flexibility index (Phi) is 4.51. The molecule has 2 aromatic rings. The molecule has 3 rings (SSSR count). The van der Waals surface area contributed by atoms with E-state index in [0.717, 1.165) is 44.0 Å². The van der Waals surface area contributed by atoms with Crippen molar-refractivity contribution in [3.05, 3.63) is 39.5 Å². The van der Waals surface area contributed by atoms with Crippen molar-refractivity contribution < 1.29 is 4.74 Å². The SMILES string of the molecule is CCOc1ncnc2c1CCN(Cc1ccc(C)s1)CC2. The highest BCUT2D eigenvalue weighted by molar-refractivity contribution is 7.11. The van der Waals surface area contributed by atoms with Crippen LogP contribution in [-0.4, -0.2) is 34.6 Å². The lowest BCUT2D eigenvalue weighted by Gasteiger charge is -2.18. The van der Waals surface area contributed by atoms with Gasteiger partial charge in [0.15, 0.2) is 0 Å². The van der Waals surface area contributed by atoms with E-state index in [1.54, 1.807) is 6.33 Å². The maximum Gasteiger partial charge on any atom is 0.219 e. The van der Waals surface area contributed by atoms with E-state index in [1.165, 1.54) is 15.3 Å². The highest BCUT2D eigenvalue weighted by Crippen LogP contribution is 2.24. The topological polar surface area (TPSA) is 38.3 Å². The number of ether oxygens (including phenoxy) is 1. The molecule has 5 heteroatoms. The Morgan fingerprint density at radius 2 is 2.10 bits per heavy atom. The lowest BCUT2D eigenvalue weighted by Crippen LogP contribution is -2.25. The fraction of sp³-hybridized carbons (Fsp3) is 0.500. The first-order valence-electron chi connectivity index (χ1n) is 7.49. The van der Waals surface area contributed by atoms with Crippen LogP contribution in [0.5, 0.6) is 5.88 Å². The minimum Gasteiger partial charge on any atom is -0.478 e. The number of aromatic nitrogens is 2. The van der Waals surface area contributed by atoms with Gasteiger partial charge in [-0.25, -0.2) is 9.97 Å². The molecule has 0 fully saturated rings. The minimum atomic E-state index is 0.654. The Labute approximate surface area is 129 Å². The fourth-order valence-electron chi connectivity index (χ4n) is 2.75. The normalized spacial score (nSPS) is 15.5. The Morgan fingerprint density at radius 3 is 2.86 bits per heavy atom. The van der Waals surface area contributed by atoms with Crippen molar-refractivity contribution in [2.24, 2.45) is 0 Å². The summed E-state index contributed by atoms with van der Waals surface area (Å²) < 4.78 is 5.65. The zero-order valence-corrected chi connectivity index (χ0v) is 13.4. The summed E-state index contributed by atoms with van der Waals surface area (Å²) in [6.07, 6.45) is 3.57. The molecule has 0 aromatic carbocycles. The third kappa shape index (κ3) is 3.41. The van der Waals surface area contributed by atoms with Crippen LogP contribution in [-0.2, 0) is 19.4 Å². The van der Waals surface area contributed by atoms with Crippen LogP contribution in [0.15, 0.2) is 18.5 Å². The summed E-state index contributed by atoms with van der Waals surface area (Å²) in [7, 11) is 0. The van der Waals surface area contributed by atoms with Gasteiger partial charge >= 0.3 is 0 Å². The molecule has 0 spiro atoms. The monoisotopic (exact) mass is 303 g/mol. The second-order valence-electron chi connectivity index (χ2n) is 5.33. The van der Waals surface area contributed by atoms with E-state index in [4.69, 9.17) is 4.74 Å². The average molecular weight is 303 g/mol. The highest BCUT2D eigenvalue weighted by atomic mass is 32.1. The van der Waals surface area contributed by atoms with Gasteiger partial charge in [-0.15, -0.1) is 11.3 Å². The quantitative estimate of drug-likeness (QED) is 0.870. The predicted octanol–water partition coefficient (Wildman–Crippen LogP) is 2.85. The van der Waals surface area contributed by atoms with Crippen molar-refractivity contribution in [1.82, 2.24) is 14.9 Å². The van der Waals surface area contributed by atoms with Crippen molar-refractivity contribution in [3.63, 3.8) is 0 Å². The zero-order valence-electron chi connectivity index (χ0n) is 12.6. The largest absolute Gasteiger partial charge is 0.478 e. The van der Waals surface area contributed by atoms with E-state index >= 15 is 0 Å². The molecular formula is C16H21N3OS. The van der Waals surface area contributed by atoms with Gasteiger partial charge in [0, 0.05) is 41.4 Å². The maximum absolute atomic E-state index is 5.65. The summed E-state index contributed by atoms with van der Waals surface area (Å²) in [5.74, 6) is 0.774. The number of fused-ring (bicyclic) bond motifs is 1. The van der Waals surface area contributed by atoms with Crippen LogP contribution in [0, 0.1) is 6.92 Å². The molecule has 0 aliphatic carbocycles. The van der Waals surface area contributed by atoms with Crippen LogP contribution >= 0.6 is 11.3 Å². The molecule has 0 saturated heterocycles. The summed E-state index contributed by atoms with van der Waals surface area (Å²) in [6.45, 7) is 7.93. The Balaban J connectivity index is 1.71. The van der Waals surface area contributed by atoms with Crippen molar-refractivity contribution in [3.8, 4) is 5.88 Å². The second-order valence-corrected chi connectivity index (χ2v) is 6.70. The smallest absolute Gasteiger partial charge is 0.219 e. The lowest BCUT2D eigenvalue weighted by atomic mass is 10.1. The van der Waals surface area contributed by atoms with Crippen LogP contribution in [0.25, 0.3) is 0 Å². The van der Waals surface area contributed by atoms with Gasteiger partial charge < -0.3 is 4.74 Å². The molecule has 0 saturated carbocycles. The van der Waals surface area contributed by atoms with Crippen LogP contribution in [0.3, 0.4) is 0 Å². The first-order chi connectivity index (χ1) is 10.3. The third-order valence-electron chi connectivity index (χ3n) is 3.79. The zero-order chi connectivity index (χ0) is 14.7. The lowest BCUT2D eigenvalue weighted by molar-refractivity contribution is 0.279. The Morgan fingerprint density at radius 1 is 1.24 bits per heavy atom. The van der Waals surface area contributed by atoms with Gasteiger partial charge in [-0.05, 0) is 32.4 Å². The molecule has 0 unspecified atom stereocenters. The Bertz CT molecular complexity index is 611. The number of rotatable bonds is 4. The number of hydrogen-bond donors (Lipinski definition) is 0. The molecule has 3 heterocycles. The molecule has 4 nitrogen and oxygen atoms in total. The van der Waals surface area contributed by atoms with Crippen molar-refractivity contribution in [2.75, 3.05) is 19.7 Å². The molecule has 1 aliphatic heterocycles. The fourth-order valence-corrected chi connectivity index (χ4v) is 3.69. The summed E-state index contributed by atoms with van der Waals surface area (Å²) in [4.78, 5) is 14.1. The van der Waals surface area contributed by atoms with Gasteiger partial charge in [-0.1, -0.05) is 0 Å². The molecule has 21 heavy (non-hydrogen) atoms. The molecular weight excluding hydrogens is 282 g/mol. The van der Waals surface area contributed by atoms with E-state index in [0.29, 0.717) is 6.61 Å². The molecule has 112 valence electrons. The number of aryl methyl sites for hydroxylation is 1. The van der Waals surface area contributed by atoms with Gasteiger partial charge in [-0.2, -0.15) is 0 Å². The Hall–Kier alpha value is -1.46. The molecule has 0 atom stereocenters. The van der Waals surface area contributed by atoms with Crippen molar-refractivity contribution in [1.29, 1.82) is 0 Å². The van der Waals surface area contributed by atoms with Crippen LogP contribution in [0.1, 0.15) is 27.9 Å². The number of hydrogen-bond acceptors (Lipinski definition) is 5. The number of nitrogens with zero attached hydrogens (tertiary/aromatic N) is 3. The van der Waals surface area contributed by atoms with Crippen LogP contribution < -0.4 is 4.74 Å². The first kappa shape index (κ1) is 14.5. The average Bonchev–Trinajstić information content (AvgIpc) is 2.77. The highest BCUT2D eigenvalue weighted by Gasteiger charge is 2.19. The van der Waals surface area contributed by atoms with Crippen LogP contribution in [0.4, 0.5) is 0 Å². The van der Waals surface area contributed by atoms with E-state index < -0.39 is 0 Å². The van der Waals surface area contributed by atoms with Crippen molar-refractivity contribution in [2.45, 2.75) is 33.2 Å². The van der Waals surface area contributed by atoms with Crippen LogP contribution in [0.2, 0.25) is 0 Å². The van der Waals surface area contributed by atoms with Gasteiger partial charge in [-0.3, -0.25) is 4.90 Å². The third-order valence-corrected chi connectivity index (χ3v) is 4.78. The predicted molar refractivity (Wildman–Crippen MR) is 84.9 cm³/mol. The van der Waals surface area contributed by atoms with Gasteiger partial charge in [0.25, 0.3) is 0 Å². The summed E-state index contributed by atoms with van der Waals surface area (Å²) in [5, 5.41) is 0. The van der Waals surface area contributed by atoms with E-state index in [9.17, 15) is 0 Å². The second kappa shape index (κ2) is 6.54. The minimum absolute atomic E-state index is 0.654. The molecule has 0 bridgehead atoms. The van der Waals surface area contributed by atoms with E-state index in [-0.39, 0.29) is 0 Å². The molecule has 2 aromatic heterocycles. The van der Waals surface area contributed by atoms with Gasteiger partial charge in [0.2, 0.25) is 5.88 Å². The maximum atomic E-state index is 5.65. The van der Waals surface area contributed by atoms with E-state index in [1.807, 2.05) is 18.3 Å². The summed E-state index contributed by atoms with van der Waals surface area (Å²) in [5.41, 5.74) is 2.35. The summed E-state index contributed by atoms with van der Waals surface area (Å²) in [6, 6.07) is 4.44. The molecule has 0 amide bonds. The van der Waals surface area contributed by atoms with Crippen molar-refractivity contribution >= 4 is 11.3 Å². The van der Waals surface area contributed by atoms with Gasteiger partial charge in [0.1, 0.15) is 6.33 Å². The first-order valence-corrected chi connectivity index (χ1v) is 8.31. The molecule has 0 N–H and O–H groups in total. The molecule has 1 aliphatic rings. The standard InChI is InChI=1S/C16H21N3OS/c1-3-20-16-14-6-8-19(9-7-15(14)17-11-18-16)10-13-5-4-12(2)21-13/h4-5,11H,3,6-10H2,1-2H3. The number of thiophene rings is 1. The molecule has 0 radical (unpaired) electrons. The van der Waals surface area contributed by atoms with E-state index in [2.05, 4.69) is 33.9 Å². The van der Waals surface area contributed by atoms with Gasteiger partial charge in [0.05, 0.1) is 12.3 Å². The summed E-state index contributed by atoms with van der Waals surface area (Å²) >= 11 is 1.89.